The van der Waals surface area contributed by atoms with Gasteiger partial charge in [0.15, 0.2) is 0 Å². The molecule has 3 unspecified atom stereocenters. The lowest BCUT2D eigenvalue weighted by Gasteiger charge is -2.39. The molecule has 0 spiro atoms. The summed E-state index contributed by atoms with van der Waals surface area (Å²) in [4.78, 5) is 2.39. The lowest BCUT2D eigenvalue weighted by Crippen LogP contribution is -2.39. The molecule has 3 aromatic rings. The van der Waals surface area contributed by atoms with Gasteiger partial charge in [0.25, 0.3) is 0 Å². The van der Waals surface area contributed by atoms with Gasteiger partial charge in [-0.25, -0.2) is 15.2 Å². The molecule has 1 saturated heterocycles. The van der Waals surface area contributed by atoms with Crippen LogP contribution in [0, 0.1) is 18.7 Å². The SMILES string of the molecule is Cc1ccc(CN2CC3C(c4ccccc4)NNC3c3cc(F)ccc32)cc1. The normalized spacial score (nSPS) is 23.4. The molecule has 3 aromatic carbocycles. The van der Waals surface area contributed by atoms with Crippen molar-refractivity contribution < 1.29 is 4.39 Å². The van der Waals surface area contributed by atoms with E-state index in [9.17, 15) is 4.39 Å². The number of fused-ring (bicyclic) bond motifs is 3. The van der Waals surface area contributed by atoms with Crippen molar-refractivity contribution in [1.29, 1.82) is 0 Å². The summed E-state index contributed by atoms with van der Waals surface area (Å²) in [5.74, 6) is 0.141. The lowest BCUT2D eigenvalue weighted by molar-refractivity contribution is 0.400. The van der Waals surface area contributed by atoms with Crippen molar-refractivity contribution >= 4 is 5.69 Å². The highest BCUT2D eigenvalue weighted by Crippen LogP contribution is 2.45. The Bertz CT molecular complexity index is 971. The number of hydrogen-bond acceptors (Lipinski definition) is 3. The van der Waals surface area contributed by atoms with Gasteiger partial charge in [0, 0.05) is 24.7 Å². The van der Waals surface area contributed by atoms with Gasteiger partial charge in [0.1, 0.15) is 5.82 Å². The number of halogens is 1. The number of benzene rings is 3. The molecule has 3 atom stereocenters. The second-order valence-corrected chi connectivity index (χ2v) is 7.89. The molecule has 3 nitrogen and oxygen atoms in total. The van der Waals surface area contributed by atoms with E-state index in [1.54, 1.807) is 12.1 Å². The molecule has 2 aliphatic heterocycles. The molecule has 142 valence electrons. The highest BCUT2D eigenvalue weighted by Gasteiger charge is 2.43. The van der Waals surface area contributed by atoms with E-state index < -0.39 is 0 Å². The molecule has 0 bridgehead atoms. The van der Waals surface area contributed by atoms with Crippen LogP contribution < -0.4 is 15.8 Å². The maximum Gasteiger partial charge on any atom is 0.123 e. The predicted molar refractivity (Wildman–Crippen MR) is 110 cm³/mol. The zero-order chi connectivity index (χ0) is 19.1. The van der Waals surface area contributed by atoms with Crippen molar-refractivity contribution in [3.63, 3.8) is 0 Å². The van der Waals surface area contributed by atoms with Gasteiger partial charge < -0.3 is 4.90 Å². The monoisotopic (exact) mass is 373 g/mol. The van der Waals surface area contributed by atoms with Crippen LogP contribution in [0.1, 0.15) is 34.3 Å². The Morgan fingerprint density at radius 3 is 2.46 bits per heavy atom. The van der Waals surface area contributed by atoms with Gasteiger partial charge in [-0.3, -0.25) is 0 Å². The van der Waals surface area contributed by atoms with Crippen molar-refractivity contribution in [2.45, 2.75) is 25.6 Å². The van der Waals surface area contributed by atoms with E-state index in [0.717, 1.165) is 24.3 Å². The zero-order valence-corrected chi connectivity index (χ0v) is 15.9. The quantitative estimate of drug-likeness (QED) is 0.699. The van der Waals surface area contributed by atoms with Gasteiger partial charge >= 0.3 is 0 Å². The van der Waals surface area contributed by atoms with Crippen LogP contribution in [-0.4, -0.2) is 6.54 Å². The lowest BCUT2D eigenvalue weighted by atomic mass is 9.82. The average molecular weight is 373 g/mol. The molecule has 0 aromatic heterocycles. The van der Waals surface area contributed by atoms with Crippen LogP contribution >= 0.6 is 0 Å². The second-order valence-electron chi connectivity index (χ2n) is 7.89. The molecule has 0 saturated carbocycles. The van der Waals surface area contributed by atoms with Gasteiger partial charge in [-0.1, -0.05) is 60.2 Å². The average Bonchev–Trinajstić information content (AvgIpc) is 3.14. The maximum absolute atomic E-state index is 14.1. The fraction of sp³-hybridized carbons (Fsp3) is 0.250. The van der Waals surface area contributed by atoms with E-state index in [2.05, 4.69) is 71.2 Å². The van der Waals surface area contributed by atoms with Crippen LogP contribution in [0.15, 0.2) is 72.8 Å². The Labute approximate surface area is 165 Å². The summed E-state index contributed by atoms with van der Waals surface area (Å²) in [6.45, 7) is 3.84. The number of anilines is 1. The van der Waals surface area contributed by atoms with Crippen molar-refractivity contribution in [2.24, 2.45) is 5.92 Å². The first-order valence-corrected chi connectivity index (χ1v) is 9.85. The van der Waals surface area contributed by atoms with Gasteiger partial charge in [0.05, 0.1) is 12.1 Å². The number of rotatable bonds is 3. The van der Waals surface area contributed by atoms with Crippen molar-refractivity contribution in [2.75, 3.05) is 11.4 Å². The van der Waals surface area contributed by atoms with Crippen molar-refractivity contribution in [1.82, 2.24) is 10.9 Å². The molecule has 2 heterocycles. The largest absolute Gasteiger partial charge is 0.367 e. The van der Waals surface area contributed by atoms with Crippen LogP contribution in [0.3, 0.4) is 0 Å². The summed E-state index contributed by atoms with van der Waals surface area (Å²) in [7, 11) is 0. The van der Waals surface area contributed by atoms with E-state index >= 15 is 0 Å². The van der Waals surface area contributed by atoms with Crippen molar-refractivity contribution in [3.05, 3.63) is 101 Å². The number of hydrazine groups is 1. The summed E-state index contributed by atoms with van der Waals surface area (Å²) < 4.78 is 14.1. The summed E-state index contributed by atoms with van der Waals surface area (Å²) in [6.07, 6.45) is 0. The van der Waals surface area contributed by atoms with E-state index in [-0.39, 0.29) is 17.9 Å². The third-order valence-electron chi connectivity index (χ3n) is 6.00. The number of nitrogens with one attached hydrogen (secondary N) is 2. The van der Waals surface area contributed by atoms with Crippen molar-refractivity contribution in [3.8, 4) is 0 Å². The minimum atomic E-state index is -0.181. The van der Waals surface area contributed by atoms with E-state index in [0.29, 0.717) is 5.92 Å². The molecule has 2 aliphatic rings. The van der Waals surface area contributed by atoms with Crippen LogP contribution in [0.2, 0.25) is 0 Å². The second kappa shape index (κ2) is 7.04. The van der Waals surface area contributed by atoms with E-state index in [1.165, 1.54) is 16.7 Å². The first kappa shape index (κ1) is 17.4. The summed E-state index contributed by atoms with van der Waals surface area (Å²) >= 11 is 0. The zero-order valence-electron chi connectivity index (χ0n) is 15.9. The van der Waals surface area contributed by atoms with E-state index in [1.807, 2.05) is 12.1 Å². The standard InChI is InChI=1S/C24H24FN3/c1-16-7-9-17(10-8-16)14-28-15-21-23(18-5-3-2-4-6-18)26-27-24(21)20-13-19(25)11-12-22(20)28/h2-13,21,23-24,26-27H,14-15H2,1H3. The number of hydrogen-bond donors (Lipinski definition) is 2. The maximum atomic E-state index is 14.1. The molecule has 4 heteroatoms. The molecule has 0 aliphatic carbocycles. The van der Waals surface area contributed by atoms with Gasteiger partial charge in [0.2, 0.25) is 0 Å². The highest BCUT2D eigenvalue weighted by atomic mass is 19.1. The molecular formula is C24H24FN3. The molecule has 1 fully saturated rings. The fourth-order valence-corrected chi connectivity index (χ4v) is 4.58. The van der Waals surface area contributed by atoms with Crippen LogP contribution in [-0.2, 0) is 6.54 Å². The third-order valence-corrected chi connectivity index (χ3v) is 6.00. The summed E-state index contributed by atoms with van der Waals surface area (Å²) in [5, 5.41) is 0. The Kier molecular flexibility index (Phi) is 4.38. The topological polar surface area (TPSA) is 27.3 Å². The van der Waals surface area contributed by atoms with E-state index in [4.69, 9.17) is 0 Å². The first-order chi connectivity index (χ1) is 13.7. The van der Waals surface area contributed by atoms with Gasteiger partial charge in [-0.2, -0.15) is 0 Å². The smallest absolute Gasteiger partial charge is 0.123 e. The number of nitrogens with zero attached hydrogens (tertiary/aromatic N) is 1. The molecule has 28 heavy (non-hydrogen) atoms. The molecular weight excluding hydrogens is 349 g/mol. The van der Waals surface area contributed by atoms with Crippen LogP contribution in [0.5, 0.6) is 0 Å². The highest BCUT2D eigenvalue weighted by molar-refractivity contribution is 5.59. The van der Waals surface area contributed by atoms with Gasteiger partial charge in [-0.05, 0) is 41.8 Å². The van der Waals surface area contributed by atoms with Gasteiger partial charge in [-0.15, -0.1) is 0 Å². The molecule has 2 N–H and O–H groups in total. The Balaban J connectivity index is 1.51. The number of aryl methyl sites for hydroxylation is 1. The first-order valence-electron chi connectivity index (χ1n) is 9.85. The molecule has 0 radical (unpaired) electrons. The Hall–Kier alpha value is -2.69. The predicted octanol–water partition coefficient (Wildman–Crippen LogP) is 4.66. The molecule has 5 rings (SSSR count). The Morgan fingerprint density at radius 2 is 1.68 bits per heavy atom. The summed E-state index contributed by atoms with van der Waals surface area (Å²) in [6, 6.07) is 24.7. The van der Waals surface area contributed by atoms with Crippen LogP contribution in [0.25, 0.3) is 0 Å². The minimum Gasteiger partial charge on any atom is -0.367 e. The van der Waals surface area contributed by atoms with Crippen LogP contribution in [0.4, 0.5) is 10.1 Å². The third kappa shape index (κ3) is 3.09. The summed E-state index contributed by atoms with van der Waals surface area (Å²) in [5.41, 5.74) is 12.9. The fourth-order valence-electron chi connectivity index (χ4n) is 4.58. The minimum absolute atomic E-state index is 0.102. The molecule has 0 amide bonds. The Morgan fingerprint density at radius 1 is 0.929 bits per heavy atom.